The summed E-state index contributed by atoms with van der Waals surface area (Å²) in [6.07, 6.45) is -0.669. The molecule has 2 bridgehead atoms. The second-order valence-corrected chi connectivity index (χ2v) is 9.76. The van der Waals surface area contributed by atoms with Crippen LogP contribution >= 0.6 is 0 Å². The lowest BCUT2D eigenvalue weighted by molar-refractivity contribution is -0.211. The van der Waals surface area contributed by atoms with Gasteiger partial charge in [-0.05, 0) is 24.6 Å². The number of nitrogens with zero attached hydrogens (tertiary/aromatic N) is 3. The Morgan fingerprint density at radius 2 is 1.80 bits per heavy atom. The maximum absolute atomic E-state index is 13.3. The summed E-state index contributed by atoms with van der Waals surface area (Å²) in [5.41, 5.74) is 5.24. The first-order chi connectivity index (χ1) is 17.1. The van der Waals surface area contributed by atoms with Crippen molar-refractivity contribution in [3.05, 3.63) is 59.7 Å². The Labute approximate surface area is 199 Å². The van der Waals surface area contributed by atoms with Gasteiger partial charge < -0.3 is 29.1 Å². The molecule has 8 nitrogen and oxygen atoms in total. The fourth-order valence-corrected chi connectivity index (χ4v) is 6.98. The minimum atomic E-state index is -0.988. The molecule has 0 saturated carbocycles. The fourth-order valence-electron chi connectivity index (χ4n) is 6.98. The molecule has 0 radical (unpaired) electrons. The molecule has 8 rings (SSSR count). The maximum Gasteiger partial charge on any atom is 0.252 e. The number of methoxy groups -OCH3 is 1. The van der Waals surface area contributed by atoms with Crippen molar-refractivity contribution in [2.24, 2.45) is 5.16 Å². The molecular formula is C27H22N4O4. The highest BCUT2D eigenvalue weighted by molar-refractivity contribution is 6.31. The predicted octanol–water partition coefficient (Wildman–Crippen LogP) is 4.60. The molecule has 1 fully saturated rings. The molecule has 1 saturated heterocycles. The van der Waals surface area contributed by atoms with Crippen LogP contribution in [0.15, 0.2) is 53.7 Å². The zero-order valence-electron chi connectivity index (χ0n) is 19.2. The molecule has 0 aliphatic carbocycles. The van der Waals surface area contributed by atoms with Crippen molar-refractivity contribution in [3.8, 4) is 0 Å². The number of nitrogens with one attached hydrogen (secondary N) is 1. The summed E-state index contributed by atoms with van der Waals surface area (Å²) in [5.74, 6) is -0.0478. The summed E-state index contributed by atoms with van der Waals surface area (Å²) in [4.78, 5) is 13.3. The summed E-state index contributed by atoms with van der Waals surface area (Å²) < 4.78 is 17.3. The van der Waals surface area contributed by atoms with Crippen LogP contribution in [-0.4, -0.2) is 39.2 Å². The summed E-state index contributed by atoms with van der Waals surface area (Å²) in [5, 5.41) is 20.9. The van der Waals surface area contributed by atoms with Gasteiger partial charge in [0.05, 0.1) is 33.3 Å². The number of carbonyl (C=O) groups is 1. The highest BCUT2D eigenvalue weighted by atomic mass is 16.6. The minimum Gasteiger partial charge on any atom is -0.411 e. The standard InChI is InChI=1S/C27H22N4O4/c1-27-25(34-2)16(29-33)11-19(35-27)30-17-9-5-3-7-13(17)21-22-15(12-28-26(22)32)20-14-8-4-6-10-18(14)31(27)24(20)23(21)30/h3-10,19,25,33H,11-12H2,1-2H3,(H,28,32)/b29-16-/t19?,25-,27+/m1/s1. The molecule has 5 heterocycles. The summed E-state index contributed by atoms with van der Waals surface area (Å²) >= 11 is 0. The van der Waals surface area contributed by atoms with Crippen molar-refractivity contribution in [3.63, 3.8) is 0 Å². The second-order valence-electron chi connectivity index (χ2n) is 9.76. The Hall–Kier alpha value is -3.88. The molecule has 3 atom stereocenters. The van der Waals surface area contributed by atoms with E-state index in [-0.39, 0.29) is 5.91 Å². The van der Waals surface area contributed by atoms with Crippen LogP contribution in [0.2, 0.25) is 0 Å². The number of oxime groups is 1. The van der Waals surface area contributed by atoms with Crippen LogP contribution in [0.3, 0.4) is 0 Å². The molecule has 1 amide bonds. The monoisotopic (exact) mass is 466 g/mol. The van der Waals surface area contributed by atoms with Gasteiger partial charge in [0.1, 0.15) is 12.3 Å². The lowest BCUT2D eigenvalue weighted by Crippen LogP contribution is -2.54. The van der Waals surface area contributed by atoms with E-state index in [1.165, 1.54) is 0 Å². The van der Waals surface area contributed by atoms with E-state index in [4.69, 9.17) is 9.47 Å². The van der Waals surface area contributed by atoms with E-state index in [1.54, 1.807) is 7.11 Å². The van der Waals surface area contributed by atoms with Crippen LogP contribution < -0.4 is 5.32 Å². The molecular weight excluding hydrogens is 444 g/mol. The normalized spacial score (nSPS) is 26.3. The third-order valence-electron chi connectivity index (χ3n) is 8.16. The first-order valence-electron chi connectivity index (χ1n) is 11.8. The predicted molar refractivity (Wildman–Crippen MR) is 132 cm³/mol. The molecule has 5 aromatic rings. The summed E-state index contributed by atoms with van der Waals surface area (Å²) in [6.45, 7) is 2.48. The van der Waals surface area contributed by atoms with Gasteiger partial charge in [0.25, 0.3) is 5.91 Å². The number of hydrogen-bond donors (Lipinski definition) is 2. The Morgan fingerprint density at radius 1 is 1.09 bits per heavy atom. The fraction of sp³-hybridized carbons (Fsp3) is 0.259. The first-order valence-corrected chi connectivity index (χ1v) is 11.8. The highest BCUT2D eigenvalue weighted by Gasteiger charge is 2.52. The molecule has 1 unspecified atom stereocenters. The van der Waals surface area contributed by atoms with Crippen LogP contribution in [0.1, 0.15) is 35.5 Å². The van der Waals surface area contributed by atoms with Crippen molar-refractivity contribution in [2.45, 2.75) is 37.9 Å². The molecule has 2 N–H and O–H groups in total. The maximum atomic E-state index is 13.3. The number of benzene rings is 3. The molecule has 174 valence electrons. The molecule has 3 aromatic carbocycles. The van der Waals surface area contributed by atoms with Crippen LogP contribution in [0.5, 0.6) is 0 Å². The van der Waals surface area contributed by atoms with Gasteiger partial charge in [0, 0.05) is 41.6 Å². The first kappa shape index (κ1) is 19.4. The molecule has 3 aliphatic heterocycles. The van der Waals surface area contributed by atoms with Gasteiger partial charge in [-0.3, -0.25) is 4.79 Å². The topological polar surface area (TPSA) is 90.0 Å². The smallest absolute Gasteiger partial charge is 0.252 e. The molecule has 8 heteroatoms. The van der Waals surface area contributed by atoms with E-state index in [0.717, 1.165) is 54.7 Å². The lowest BCUT2D eigenvalue weighted by atomic mass is 9.95. The Morgan fingerprint density at radius 3 is 2.54 bits per heavy atom. The van der Waals surface area contributed by atoms with Crippen molar-refractivity contribution in [2.75, 3.05) is 7.11 Å². The Bertz CT molecular complexity index is 1810. The molecule has 0 spiro atoms. The van der Waals surface area contributed by atoms with Crippen LogP contribution in [-0.2, 0) is 21.7 Å². The third-order valence-corrected chi connectivity index (χ3v) is 8.16. The zero-order valence-corrected chi connectivity index (χ0v) is 19.2. The van der Waals surface area contributed by atoms with Gasteiger partial charge in [-0.25, -0.2) is 0 Å². The van der Waals surface area contributed by atoms with E-state index in [0.29, 0.717) is 18.7 Å². The zero-order chi connectivity index (χ0) is 23.6. The van der Waals surface area contributed by atoms with Crippen molar-refractivity contribution >= 4 is 55.2 Å². The van der Waals surface area contributed by atoms with Crippen molar-refractivity contribution < 1.29 is 19.5 Å². The number of para-hydroxylation sites is 2. The average molecular weight is 466 g/mol. The number of carbonyl (C=O) groups excluding carboxylic acids is 1. The van der Waals surface area contributed by atoms with Gasteiger partial charge >= 0.3 is 0 Å². The number of hydrogen-bond acceptors (Lipinski definition) is 5. The highest BCUT2D eigenvalue weighted by Crippen LogP contribution is 2.53. The lowest BCUT2D eigenvalue weighted by Gasteiger charge is -2.44. The molecule has 2 aromatic heterocycles. The second kappa shape index (κ2) is 6.21. The van der Waals surface area contributed by atoms with Crippen LogP contribution in [0.4, 0.5) is 0 Å². The number of amides is 1. The van der Waals surface area contributed by atoms with Gasteiger partial charge in [0.15, 0.2) is 5.72 Å². The Kier molecular flexibility index (Phi) is 3.45. The van der Waals surface area contributed by atoms with Gasteiger partial charge in [-0.1, -0.05) is 41.6 Å². The largest absolute Gasteiger partial charge is 0.411 e. The Balaban J connectivity index is 1.74. The van der Waals surface area contributed by atoms with E-state index >= 15 is 0 Å². The van der Waals surface area contributed by atoms with E-state index in [1.807, 2.05) is 31.2 Å². The van der Waals surface area contributed by atoms with Crippen molar-refractivity contribution in [1.82, 2.24) is 14.5 Å². The van der Waals surface area contributed by atoms with E-state index in [9.17, 15) is 10.0 Å². The number of ether oxygens (including phenoxy) is 2. The number of rotatable bonds is 1. The summed E-state index contributed by atoms with van der Waals surface area (Å²) in [7, 11) is 1.62. The molecule has 35 heavy (non-hydrogen) atoms. The van der Waals surface area contributed by atoms with Gasteiger partial charge in [-0.2, -0.15) is 0 Å². The number of fused-ring (bicyclic) bond motifs is 13. The van der Waals surface area contributed by atoms with Gasteiger partial charge in [0.2, 0.25) is 0 Å². The number of aromatic nitrogens is 2. The van der Waals surface area contributed by atoms with E-state index < -0.39 is 18.1 Å². The van der Waals surface area contributed by atoms with Crippen LogP contribution in [0.25, 0.3) is 43.6 Å². The molecule has 3 aliphatic rings. The van der Waals surface area contributed by atoms with Gasteiger partial charge in [-0.15, -0.1) is 0 Å². The third kappa shape index (κ3) is 2.04. The van der Waals surface area contributed by atoms with Crippen LogP contribution in [0, 0.1) is 0 Å². The summed E-state index contributed by atoms with van der Waals surface area (Å²) in [6, 6.07) is 16.4. The SMILES string of the molecule is CO[C@@H]1/C(=N\O)CC2O[C@]1(C)n1c3ccccc3c3c4c(c5c6ccccc6n2c5c31)C(=O)NC4. The van der Waals surface area contributed by atoms with Crippen molar-refractivity contribution in [1.29, 1.82) is 0 Å². The minimum absolute atomic E-state index is 0.0478. The van der Waals surface area contributed by atoms with E-state index in [2.05, 4.69) is 43.9 Å². The quantitative estimate of drug-likeness (QED) is 0.279. The average Bonchev–Trinajstić information content (AvgIpc) is 3.51.